The number of hydrogen-bond donors (Lipinski definition) is 2. The van der Waals surface area contributed by atoms with E-state index in [1.54, 1.807) is 0 Å². The van der Waals surface area contributed by atoms with Crippen molar-refractivity contribution in [1.82, 2.24) is 0 Å². The molecule has 0 amide bonds. The van der Waals surface area contributed by atoms with Crippen molar-refractivity contribution in [3.05, 3.63) is 51.7 Å². The Bertz CT molecular complexity index is 879. The smallest absolute Gasteiger partial charge is 0.185 e. The first kappa shape index (κ1) is 16.0. The third-order valence-corrected chi connectivity index (χ3v) is 5.76. The number of Topliss-reactive ketones (excluding diaryl/α,β-unsaturated/α-hetero) is 1. The van der Waals surface area contributed by atoms with Crippen molar-refractivity contribution in [1.29, 1.82) is 5.26 Å². The van der Waals surface area contributed by atoms with Gasteiger partial charge in [-0.3, -0.25) is 13.9 Å². The van der Waals surface area contributed by atoms with E-state index in [0.717, 1.165) is 12.1 Å². The SMILES string of the molecule is N#Cc1cc(F)cc(Oc2ccc3c(c2Br)C(=O)CS3(O)O)c1. The largest absolute Gasteiger partial charge is 0.456 e. The van der Waals surface area contributed by atoms with E-state index >= 15 is 0 Å². The number of hydrogen-bond acceptors (Lipinski definition) is 5. The minimum absolute atomic E-state index is 0.0965. The van der Waals surface area contributed by atoms with Gasteiger partial charge in [0.2, 0.25) is 0 Å². The van der Waals surface area contributed by atoms with Crippen molar-refractivity contribution in [2.24, 2.45) is 0 Å². The Labute approximate surface area is 140 Å². The molecular formula is C15H9BrFNO4S. The van der Waals surface area contributed by atoms with Gasteiger partial charge >= 0.3 is 0 Å². The van der Waals surface area contributed by atoms with Crippen molar-refractivity contribution in [3.63, 3.8) is 0 Å². The summed E-state index contributed by atoms with van der Waals surface area (Å²) in [4.78, 5) is 12.1. The fraction of sp³-hybridized carbons (Fsp3) is 0.0667. The second kappa shape index (κ2) is 5.62. The Morgan fingerprint density at radius 3 is 2.74 bits per heavy atom. The van der Waals surface area contributed by atoms with Crippen LogP contribution in [0.1, 0.15) is 15.9 Å². The van der Waals surface area contributed by atoms with Crippen LogP contribution in [0.2, 0.25) is 0 Å². The molecule has 0 saturated heterocycles. The summed E-state index contributed by atoms with van der Waals surface area (Å²) in [6, 6.07) is 8.21. The van der Waals surface area contributed by atoms with E-state index in [9.17, 15) is 18.3 Å². The summed E-state index contributed by atoms with van der Waals surface area (Å²) in [6.07, 6.45) is 0. The number of benzene rings is 2. The molecule has 8 heteroatoms. The summed E-state index contributed by atoms with van der Waals surface area (Å²) in [5.74, 6) is -1.08. The number of ketones is 1. The van der Waals surface area contributed by atoms with Gasteiger partial charge in [-0.25, -0.2) is 4.39 Å². The molecule has 0 fully saturated rings. The van der Waals surface area contributed by atoms with Crippen LogP contribution in [0.4, 0.5) is 4.39 Å². The zero-order valence-corrected chi connectivity index (χ0v) is 13.8. The maximum absolute atomic E-state index is 13.4. The number of rotatable bonds is 2. The molecule has 0 saturated carbocycles. The molecule has 2 aromatic carbocycles. The number of halogens is 2. The van der Waals surface area contributed by atoms with Gasteiger partial charge in [0.1, 0.15) is 23.1 Å². The molecule has 2 N–H and O–H groups in total. The highest BCUT2D eigenvalue weighted by atomic mass is 79.9. The first-order chi connectivity index (χ1) is 10.8. The average Bonchev–Trinajstić information content (AvgIpc) is 2.71. The molecule has 5 nitrogen and oxygen atoms in total. The van der Waals surface area contributed by atoms with Gasteiger partial charge in [0, 0.05) is 6.07 Å². The molecule has 0 bridgehead atoms. The molecule has 1 aliphatic rings. The Balaban J connectivity index is 2.04. The Kier molecular flexibility index (Phi) is 3.90. The van der Waals surface area contributed by atoms with Crippen LogP contribution in [0, 0.1) is 17.1 Å². The highest BCUT2D eigenvalue weighted by Crippen LogP contribution is 2.57. The Morgan fingerprint density at radius 2 is 2.04 bits per heavy atom. The van der Waals surface area contributed by atoms with E-state index in [1.165, 1.54) is 18.2 Å². The van der Waals surface area contributed by atoms with Gasteiger partial charge in [0.05, 0.1) is 26.6 Å². The average molecular weight is 398 g/mol. The number of carbonyl (C=O) groups is 1. The van der Waals surface area contributed by atoms with E-state index in [-0.39, 0.29) is 37.7 Å². The molecule has 0 aromatic heterocycles. The minimum Gasteiger partial charge on any atom is -0.456 e. The van der Waals surface area contributed by atoms with Crippen molar-refractivity contribution in [2.45, 2.75) is 4.90 Å². The molecule has 0 radical (unpaired) electrons. The van der Waals surface area contributed by atoms with E-state index in [4.69, 9.17) is 10.00 Å². The molecule has 0 aliphatic carbocycles. The normalized spacial score (nSPS) is 16.6. The van der Waals surface area contributed by atoms with Crippen molar-refractivity contribution in [2.75, 3.05) is 5.75 Å². The minimum atomic E-state index is -3.12. The van der Waals surface area contributed by atoms with Crippen LogP contribution in [0.5, 0.6) is 11.5 Å². The van der Waals surface area contributed by atoms with Crippen LogP contribution in [0.15, 0.2) is 39.7 Å². The monoisotopic (exact) mass is 397 g/mol. The first-order valence-electron chi connectivity index (χ1n) is 6.32. The summed E-state index contributed by atoms with van der Waals surface area (Å²) in [5.41, 5.74) is 0.252. The van der Waals surface area contributed by atoms with Gasteiger partial charge in [-0.15, -0.1) is 0 Å². The van der Waals surface area contributed by atoms with Gasteiger partial charge in [-0.1, -0.05) is 0 Å². The van der Waals surface area contributed by atoms with Gasteiger partial charge < -0.3 is 4.74 Å². The molecule has 0 spiro atoms. The molecule has 1 aliphatic heterocycles. The number of nitriles is 1. The molecule has 3 rings (SSSR count). The molecule has 0 unspecified atom stereocenters. The first-order valence-corrected chi connectivity index (χ1v) is 8.83. The maximum atomic E-state index is 13.4. The van der Waals surface area contributed by atoms with Crippen molar-refractivity contribution in [3.8, 4) is 17.6 Å². The molecule has 118 valence electrons. The van der Waals surface area contributed by atoms with E-state index in [2.05, 4.69) is 15.9 Å². The maximum Gasteiger partial charge on any atom is 0.185 e. The summed E-state index contributed by atoms with van der Waals surface area (Å²) >= 11 is 3.22. The third-order valence-electron chi connectivity index (χ3n) is 3.26. The molecule has 2 aromatic rings. The van der Waals surface area contributed by atoms with Gasteiger partial charge in [-0.2, -0.15) is 15.9 Å². The molecule has 1 heterocycles. The van der Waals surface area contributed by atoms with Gasteiger partial charge in [-0.05, 0) is 40.2 Å². The lowest BCUT2D eigenvalue weighted by Crippen LogP contribution is -2.01. The lowest BCUT2D eigenvalue weighted by molar-refractivity contribution is 0.102. The number of fused-ring (bicyclic) bond motifs is 1. The quantitative estimate of drug-likeness (QED) is 0.774. The zero-order chi connectivity index (χ0) is 16.8. The van der Waals surface area contributed by atoms with E-state index in [0.29, 0.717) is 0 Å². The molecule has 23 heavy (non-hydrogen) atoms. The summed E-state index contributed by atoms with van der Waals surface area (Å²) in [6.45, 7) is 0. The summed E-state index contributed by atoms with van der Waals surface area (Å²) < 4.78 is 39.0. The summed E-state index contributed by atoms with van der Waals surface area (Å²) in [7, 11) is -3.12. The number of ether oxygens (including phenoxy) is 1. The highest BCUT2D eigenvalue weighted by molar-refractivity contribution is 9.10. The Hall–Kier alpha value is -1.92. The number of carbonyl (C=O) groups excluding carboxylic acids is 1. The third kappa shape index (κ3) is 2.84. The van der Waals surface area contributed by atoms with Crippen LogP contribution in [-0.4, -0.2) is 20.6 Å². The predicted molar refractivity (Wildman–Crippen MR) is 85.6 cm³/mol. The standard InChI is InChI=1S/C15H9BrFNO4S/c16-15-12(22-10-4-8(6-18)3-9(17)5-10)1-2-13-14(15)11(19)7-23(13,20)21/h1-5,20-21H,7H2. The van der Waals surface area contributed by atoms with Crippen LogP contribution in [0.3, 0.4) is 0 Å². The topological polar surface area (TPSA) is 90.5 Å². The Morgan fingerprint density at radius 1 is 1.30 bits per heavy atom. The van der Waals surface area contributed by atoms with Crippen LogP contribution < -0.4 is 4.74 Å². The lowest BCUT2D eigenvalue weighted by atomic mass is 10.1. The van der Waals surface area contributed by atoms with Crippen molar-refractivity contribution >= 4 is 32.3 Å². The van der Waals surface area contributed by atoms with Gasteiger partial charge in [0.15, 0.2) is 5.78 Å². The number of nitrogens with zero attached hydrogens (tertiary/aromatic N) is 1. The van der Waals surface area contributed by atoms with E-state index in [1.807, 2.05) is 6.07 Å². The summed E-state index contributed by atoms with van der Waals surface area (Å²) in [5, 5.41) is 8.85. The molecular weight excluding hydrogens is 389 g/mol. The molecule has 0 atom stereocenters. The lowest BCUT2D eigenvalue weighted by Gasteiger charge is -2.26. The highest BCUT2D eigenvalue weighted by Gasteiger charge is 2.36. The fourth-order valence-electron chi connectivity index (χ4n) is 2.30. The van der Waals surface area contributed by atoms with E-state index < -0.39 is 22.2 Å². The van der Waals surface area contributed by atoms with Crippen molar-refractivity contribution < 1.29 is 23.0 Å². The van der Waals surface area contributed by atoms with Crippen LogP contribution in [-0.2, 0) is 0 Å². The van der Waals surface area contributed by atoms with Gasteiger partial charge in [0.25, 0.3) is 0 Å². The fourth-order valence-corrected chi connectivity index (χ4v) is 4.57. The van der Waals surface area contributed by atoms with Crippen LogP contribution in [0.25, 0.3) is 0 Å². The second-order valence-electron chi connectivity index (χ2n) is 4.87. The zero-order valence-electron chi connectivity index (χ0n) is 11.4. The second-order valence-corrected chi connectivity index (χ2v) is 7.73. The predicted octanol–water partition coefficient (Wildman–Crippen LogP) is 4.56. The van der Waals surface area contributed by atoms with Crippen LogP contribution >= 0.6 is 26.5 Å².